The highest BCUT2D eigenvalue weighted by atomic mass is 32.1. The van der Waals surface area contributed by atoms with E-state index in [1.165, 1.54) is 11.3 Å². The van der Waals surface area contributed by atoms with Crippen molar-refractivity contribution in [3.8, 4) is 10.6 Å². The minimum Gasteiger partial charge on any atom is -0.481 e. The van der Waals surface area contributed by atoms with Gasteiger partial charge in [-0.3, -0.25) is 9.59 Å². The first kappa shape index (κ1) is 13.8. The number of rotatable bonds is 5. The molecule has 0 aliphatic heterocycles. The van der Waals surface area contributed by atoms with E-state index in [2.05, 4.69) is 10.3 Å². The van der Waals surface area contributed by atoms with Crippen LogP contribution < -0.4 is 5.32 Å². The lowest BCUT2D eigenvalue weighted by Crippen LogP contribution is -2.54. The lowest BCUT2D eigenvalue weighted by Gasteiger charge is -2.41. The minimum atomic E-state index is -0.896. The molecule has 1 fully saturated rings. The van der Waals surface area contributed by atoms with Gasteiger partial charge in [0.25, 0.3) is 5.91 Å². The van der Waals surface area contributed by atoms with Gasteiger partial charge in [0.2, 0.25) is 0 Å². The maximum atomic E-state index is 12.2. The number of thiazole rings is 1. The van der Waals surface area contributed by atoms with Crippen molar-refractivity contribution in [2.45, 2.75) is 31.2 Å². The SMILES string of the molecule is O=C(O)CC1(NC(=O)c2csc(-c3ccoc3)n2)CCC1. The number of nitrogens with one attached hydrogen (secondary N) is 1. The lowest BCUT2D eigenvalue weighted by molar-refractivity contribution is -0.139. The Kier molecular flexibility index (Phi) is 3.50. The number of carbonyl (C=O) groups is 2. The number of carboxylic acids is 1. The van der Waals surface area contributed by atoms with Crippen LogP contribution in [0.25, 0.3) is 10.6 Å². The number of carbonyl (C=O) groups excluding carboxylic acids is 1. The summed E-state index contributed by atoms with van der Waals surface area (Å²) in [5.41, 5.74) is 0.526. The Morgan fingerprint density at radius 2 is 2.29 bits per heavy atom. The molecule has 2 N–H and O–H groups in total. The van der Waals surface area contributed by atoms with Crippen LogP contribution >= 0.6 is 11.3 Å². The Balaban J connectivity index is 1.72. The molecule has 0 atom stereocenters. The van der Waals surface area contributed by atoms with Crippen molar-refractivity contribution in [1.82, 2.24) is 10.3 Å². The third-order valence-electron chi connectivity index (χ3n) is 3.68. The first-order chi connectivity index (χ1) is 10.1. The monoisotopic (exact) mass is 306 g/mol. The first-order valence-corrected chi connectivity index (χ1v) is 7.48. The molecule has 1 aliphatic rings. The van der Waals surface area contributed by atoms with Crippen LogP contribution in [-0.2, 0) is 4.79 Å². The van der Waals surface area contributed by atoms with Gasteiger partial charge in [-0.1, -0.05) is 0 Å². The second-order valence-electron chi connectivity index (χ2n) is 5.21. The minimum absolute atomic E-state index is 0.0442. The number of hydrogen-bond donors (Lipinski definition) is 2. The first-order valence-electron chi connectivity index (χ1n) is 6.60. The summed E-state index contributed by atoms with van der Waals surface area (Å²) >= 11 is 1.35. The van der Waals surface area contributed by atoms with E-state index in [-0.39, 0.29) is 12.3 Å². The molecule has 2 heterocycles. The van der Waals surface area contributed by atoms with Crippen molar-refractivity contribution in [3.63, 3.8) is 0 Å². The Morgan fingerprint density at radius 3 is 2.86 bits per heavy atom. The van der Waals surface area contributed by atoms with E-state index in [4.69, 9.17) is 9.52 Å². The van der Waals surface area contributed by atoms with Gasteiger partial charge in [0.1, 0.15) is 17.0 Å². The second kappa shape index (κ2) is 5.33. The highest BCUT2D eigenvalue weighted by Gasteiger charge is 2.40. The van der Waals surface area contributed by atoms with Gasteiger partial charge in [-0.15, -0.1) is 11.3 Å². The molecule has 0 bridgehead atoms. The van der Waals surface area contributed by atoms with Crippen molar-refractivity contribution in [3.05, 3.63) is 29.7 Å². The molecule has 3 rings (SSSR count). The lowest BCUT2D eigenvalue weighted by atomic mass is 9.74. The van der Waals surface area contributed by atoms with E-state index in [0.717, 1.165) is 12.0 Å². The van der Waals surface area contributed by atoms with E-state index >= 15 is 0 Å². The van der Waals surface area contributed by atoms with Crippen LogP contribution in [0.2, 0.25) is 0 Å². The topological polar surface area (TPSA) is 92.4 Å². The molecule has 0 aromatic carbocycles. The normalized spacial score (nSPS) is 16.2. The van der Waals surface area contributed by atoms with Crippen molar-refractivity contribution in [2.24, 2.45) is 0 Å². The van der Waals surface area contributed by atoms with Gasteiger partial charge in [-0.05, 0) is 25.3 Å². The van der Waals surface area contributed by atoms with Crippen molar-refractivity contribution in [2.75, 3.05) is 0 Å². The second-order valence-corrected chi connectivity index (χ2v) is 6.07. The molecule has 0 spiro atoms. The Labute approximate surface area is 124 Å². The summed E-state index contributed by atoms with van der Waals surface area (Å²) in [6.07, 6.45) is 5.40. The third kappa shape index (κ3) is 2.82. The van der Waals surface area contributed by atoms with Gasteiger partial charge in [-0.25, -0.2) is 4.98 Å². The summed E-state index contributed by atoms with van der Waals surface area (Å²) in [5, 5.41) is 14.2. The molecule has 0 radical (unpaired) electrons. The van der Waals surface area contributed by atoms with Crippen molar-refractivity contribution >= 4 is 23.2 Å². The van der Waals surface area contributed by atoms with Gasteiger partial charge in [0, 0.05) is 10.9 Å². The molecule has 0 unspecified atom stereocenters. The summed E-state index contributed by atoms with van der Waals surface area (Å²) in [5.74, 6) is -1.21. The highest BCUT2D eigenvalue weighted by molar-refractivity contribution is 7.13. The number of aromatic nitrogens is 1. The highest BCUT2D eigenvalue weighted by Crippen LogP contribution is 2.35. The zero-order chi connectivity index (χ0) is 14.9. The fourth-order valence-electron chi connectivity index (χ4n) is 2.44. The summed E-state index contributed by atoms with van der Waals surface area (Å²) in [7, 11) is 0. The van der Waals surface area contributed by atoms with Crippen LogP contribution in [0.1, 0.15) is 36.2 Å². The largest absolute Gasteiger partial charge is 0.481 e. The quantitative estimate of drug-likeness (QED) is 0.885. The van der Waals surface area contributed by atoms with Crippen LogP contribution in [0, 0.1) is 0 Å². The molecule has 1 aliphatic carbocycles. The number of furan rings is 1. The summed E-state index contributed by atoms with van der Waals surface area (Å²) in [6, 6.07) is 1.78. The van der Waals surface area contributed by atoms with Gasteiger partial charge >= 0.3 is 5.97 Å². The van der Waals surface area contributed by atoms with Crippen LogP contribution in [0.5, 0.6) is 0 Å². The zero-order valence-corrected chi connectivity index (χ0v) is 12.0. The van der Waals surface area contributed by atoms with Crippen molar-refractivity contribution in [1.29, 1.82) is 0 Å². The molecule has 21 heavy (non-hydrogen) atoms. The Hall–Kier alpha value is -2.15. The summed E-state index contributed by atoms with van der Waals surface area (Å²) in [6.45, 7) is 0. The van der Waals surface area contributed by atoms with Gasteiger partial charge in [-0.2, -0.15) is 0 Å². The molecule has 1 saturated carbocycles. The fraction of sp³-hybridized carbons (Fsp3) is 0.357. The number of aliphatic carboxylic acids is 1. The molecule has 0 saturated heterocycles. The van der Waals surface area contributed by atoms with E-state index < -0.39 is 11.5 Å². The average molecular weight is 306 g/mol. The smallest absolute Gasteiger partial charge is 0.305 e. The molecule has 1 amide bonds. The van der Waals surface area contributed by atoms with Crippen molar-refractivity contribution < 1.29 is 19.1 Å². The van der Waals surface area contributed by atoms with Gasteiger partial charge in [0.15, 0.2) is 0 Å². The Morgan fingerprint density at radius 1 is 1.48 bits per heavy atom. The van der Waals surface area contributed by atoms with Gasteiger partial charge < -0.3 is 14.8 Å². The van der Waals surface area contributed by atoms with E-state index in [1.807, 2.05) is 0 Å². The van der Waals surface area contributed by atoms with Crippen LogP contribution in [-0.4, -0.2) is 27.5 Å². The summed E-state index contributed by atoms with van der Waals surface area (Å²) < 4.78 is 4.99. The predicted octanol–water partition coefficient (Wildman–Crippen LogP) is 2.53. The predicted molar refractivity (Wildman–Crippen MR) is 76.1 cm³/mol. The number of carboxylic acid groups (broad SMARTS) is 1. The number of hydrogen-bond acceptors (Lipinski definition) is 5. The molecular formula is C14H14N2O4S. The molecule has 6 nitrogen and oxygen atoms in total. The van der Waals surface area contributed by atoms with Gasteiger partial charge in [0.05, 0.1) is 18.2 Å². The fourth-order valence-corrected chi connectivity index (χ4v) is 3.23. The maximum absolute atomic E-state index is 12.2. The molecule has 2 aromatic heterocycles. The summed E-state index contributed by atoms with van der Waals surface area (Å²) in [4.78, 5) is 27.4. The Bertz CT molecular complexity index is 658. The van der Waals surface area contributed by atoms with E-state index in [0.29, 0.717) is 23.5 Å². The maximum Gasteiger partial charge on any atom is 0.305 e. The van der Waals surface area contributed by atoms with E-state index in [9.17, 15) is 9.59 Å². The number of amides is 1. The zero-order valence-electron chi connectivity index (χ0n) is 11.2. The van der Waals surface area contributed by atoms with Crippen LogP contribution in [0.15, 0.2) is 28.4 Å². The average Bonchev–Trinajstić information content (AvgIpc) is 3.05. The molecule has 110 valence electrons. The molecule has 2 aromatic rings. The number of nitrogens with zero attached hydrogens (tertiary/aromatic N) is 1. The third-order valence-corrected chi connectivity index (χ3v) is 4.58. The standard InChI is InChI=1S/C14H14N2O4S/c17-11(18)6-14(3-1-4-14)16-12(19)10-8-21-13(15-10)9-2-5-20-7-9/h2,5,7-8H,1,3-4,6H2,(H,16,19)(H,17,18). The van der Waals surface area contributed by atoms with Crippen LogP contribution in [0.3, 0.4) is 0 Å². The van der Waals surface area contributed by atoms with E-state index in [1.54, 1.807) is 24.0 Å². The molecule has 7 heteroatoms. The molecular weight excluding hydrogens is 292 g/mol. The van der Waals surface area contributed by atoms with Crippen LogP contribution in [0.4, 0.5) is 0 Å².